The highest BCUT2D eigenvalue weighted by Crippen LogP contribution is 2.22. The Morgan fingerprint density at radius 1 is 1.23 bits per heavy atom. The van der Waals surface area contributed by atoms with Gasteiger partial charge in [0, 0.05) is 23.8 Å². The fourth-order valence-corrected chi connectivity index (χ4v) is 3.72. The van der Waals surface area contributed by atoms with Crippen LogP contribution in [0.3, 0.4) is 0 Å². The van der Waals surface area contributed by atoms with Gasteiger partial charge in [0.1, 0.15) is 0 Å². The molecule has 1 heterocycles. The molecule has 2 aromatic carbocycles. The standard InChI is InChI=1S/C22H27ClN2O/c1-16(2)18-8-10-21(11-9-18)24-22(26)19-6-4-12-25(15-19)14-17-5-3-7-20(23)13-17/h3,5,7-11,13,16,19H,4,6,12,14-15H2,1-2H3,(H,24,26). The van der Waals surface area contributed by atoms with Gasteiger partial charge in [0.2, 0.25) is 5.91 Å². The fraction of sp³-hybridized carbons (Fsp3) is 0.409. The van der Waals surface area contributed by atoms with Gasteiger partial charge in [-0.25, -0.2) is 0 Å². The molecule has 0 saturated carbocycles. The van der Waals surface area contributed by atoms with Crippen molar-refractivity contribution >= 4 is 23.2 Å². The minimum Gasteiger partial charge on any atom is -0.326 e. The van der Waals surface area contributed by atoms with E-state index in [4.69, 9.17) is 11.6 Å². The lowest BCUT2D eigenvalue weighted by Gasteiger charge is -2.32. The zero-order valence-electron chi connectivity index (χ0n) is 15.5. The van der Waals surface area contributed by atoms with Gasteiger partial charge in [-0.1, -0.05) is 49.7 Å². The van der Waals surface area contributed by atoms with E-state index in [-0.39, 0.29) is 11.8 Å². The largest absolute Gasteiger partial charge is 0.326 e. The van der Waals surface area contributed by atoms with Gasteiger partial charge in [0.15, 0.2) is 0 Å². The van der Waals surface area contributed by atoms with Crippen molar-refractivity contribution in [2.24, 2.45) is 5.92 Å². The molecule has 1 aliphatic rings. The molecule has 0 aromatic heterocycles. The van der Waals surface area contributed by atoms with Crippen LogP contribution in [0, 0.1) is 5.92 Å². The Labute approximate surface area is 161 Å². The van der Waals surface area contributed by atoms with Crippen LogP contribution in [0.25, 0.3) is 0 Å². The van der Waals surface area contributed by atoms with Crippen LogP contribution in [0.4, 0.5) is 5.69 Å². The summed E-state index contributed by atoms with van der Waals surface area (Å²) in [6, 6.07) is 16.1. The summed E-state index contributed by atoms with van der Waals surface area (Å²) in [6.45, 7) is 7.00. The second kappa shape index (κ2) is 8.70. The highest BCUT2D eigenvalue weighted by molar-refractivity contribution is 6.30. The van der Waals surface area contributed by atoms with E-state index in [1.807, 2.05) is 30.3 Å². The third-order valence-electron chi connectivity index (χ3n) is 5.02. The Kier molecular flexibility index (Phi) is 6.33. The van der Waals surface area contributed by atoms with Gasteiger partial charge in [-0.15, -0.1) is 0 Å². The van der Waals surface area contributed by atoms with E-state index in [0.29, 0.717) is 5.92 Å². The number of hydrogen-bond donors (Lipinski definition) is 1. The fourth-order valence-electron chi connectivity index (χ4n) is 3.50. The summed E-state index contributed by atoms with van der Waals surface area (Å²) >= 11 is 6.08. The summed E-state index contributed by atoms with van der Waals surface area (Å²) in [6.07, 6.45) is 1.99. The summed E-state index contributed by atoms with van der Waals surface area (Å²) in [5.74, 6) is 0.656. The number of benzene rings is 2. The molecule has 0 bridgehead atoms. The van der Waals surface area contributed by atoms with Gasteiger partial charge in [0.05, 0.1) is 5.92 Å². The van der Waals surface area contributed by atoms with Crippen LogP contribution in [0.2, 0.25) is 5.02 Å². The van der Waals surface area contributed by atoms with Crippen molar-refractivity contribution in [1.82, 2.24) is 4.90 Å². The SMILES string of the molecule is CC(C)c1ccc(NC(=O)C2CCCN(Cc3cccc(Cl)c3)C2)cc1. The van der Waals surface area contributed by atoms with Crippen LogP contribution in [0.1, 0.15) is 43.7 Å². The highest BCUT2D eigenvalue weighted by atomic mass is 35.5. The number of piperidine rings is 1. The van der Waals surface area contributed by atoms with Crippen LogP contribution < -0.4 is 5.32 Å². The monoisotopic (exact) mass is 370 g/mol. The number of carbonyl (C=O) groups excluding carboxylic acids is 1. The van der Waals surface area contributed by atoms with Gasteiger partial charge in [-0.2, -0.15) is 0 Å². The number of nitrogens with zero attached hydrogens (tertiary/aromatic N) is 1. The zero-order chi connectivity index (χ0) is 18.5. The maximum Gasteiger partial charge on any atom is 0.228 e. The summed E-state index contributed by atoms with van der Waals surface area (Å²) in [7, 11) is 0. The first-order chi connectivity index (χ1) is 12.5. The molecule has 0 aliphatic carbocycles. The van der Waals surface area contributed by atoms with Crippen molar-refractivity contribution in [2.45, 2.75) is 39.2 Å². The first-order valence-electron chi connectivity index (χ1n) is 9.39. The highest BCUT2D eigenvalue weighted by Gasteiger charge is 2.25. The predicted octanol–water partition coefficient (Wildman–Crippen LogP) is 5.31. The lowest BCUT2D eigenvalue weighted by atomic mass is 9.96. The normalized spacial score (nSPS) is 18.1. The van der Waals surface area contributed by atoms with E-state index in [9.17, 15) is 4.79 Å². The Morgan fingerprint density at radius 3 is 2.69 bits per heavy atom. The second-order valence-corrected chi connectivity index (χ2v) is 7.91. The number of likely N-dealkylation sites (tertiary alicyclic amines) is 1. The summed E-state index contributed by atoms with van der Waals surface area (Å²) < 4.78 is 0. The van der Waals surface area contributed by atoms with E-state index in [2.05, 4.69) is 42.3 Å². The molecule has 1 fully saturated rings. The van der Waals surface area contributed by atoms with Crippen molar-refractivity contribution in [3.05, 3.63) is 64.7 Å². The number of nitrogens with one attached hydrogen (secondary N) is 1. The van der Waals surface area contributed by atoms with E-state index >= 15 is 0 Å². The molecule has 1 aliphatic heterocycles. The van der Waals surface area contributed by atoms with Gasteiger partial charge < -0.3 is 5.32 Å². The first kappa shape index (κ1) is 18.9. The van der Waals surface area contributed by atoms with Crippen LogP contribution in [0.5, 0.6) is 0 Å². The number of anilines is 1. The molecule has 4 heteroatoms. The number of amides is 1. The Hall–Kier alpha value is -1.84. The molecular formula is C22H27ClN2O. The van der Waals surface area contributed by atoms with Crippen LogP contribution in [-0.4, -0.2) is 23.9 Å². The molecule has 3 rings (SSSR count). The van der Waals surface area contributed by atoms with E-state index in [1.54, 1.807) is 0 Å². The van der Waals surface area contributed by atoms with Crippen LogP contribution >= 0.6 is 11.6 Å². The predicted molar refractivity (Wildman–Crippen MR) is 109 cm³/mol. The molecule has 1 amide bonds. The molecule has 1 unspecified atom stereocenters. The van der Waals surface area contributed by atoms with Gasteiger partial charge >= 0.3 is 0 Å². The maximum atomic E-state index is 12.7. The minimum absolute atomic E-state index is 0.0349. The van der Waals surface area contributed by atoms with Crippen molar-refractivity contribution in [3.63, 3.8) is 0 Å². The number of hydrogen-bond acceptors (Lipinski definition) is 2. The van der Waals surface area contributed by atoms with Gasteiger partial charge in [-0.05, 0) is 60.7 Å². The molecule has 1 saturated heterocycles. The smallest absolute Gasteiger partial charge is 0.228 e. The number of rotatable bonds is 5. The molecule has 2 aromatic rings. The van der Waals surface area contributed by atoms with Crippen LogP contribution in [-0.2, 0) is 11.3 Å². The lowest BCUT2D eigenvalue weighted by molar-refractivity contribution is -0.121. The third-order valence-corrected chi connectivity index (χ3v) is 5.25. The number of carbonyl (C=O) groups is 1. The molecule has 3 nitrogen and oxygen atoms in total. The van der Waals surface area contributed by atoms with Gasteiger partial charge in [0.25, 0.3) is 0 Å². The summed E-state index contributed by atoms with van der Waals surface area (Å²) in [5.41, 5.74) is 3.36. The van der Waals surface area contributed by atoms with Crippen LogP contribution in [0.15, 0.2) is 48.5 Å². The van der Waals surface area contributed by atoms with Crippen molar-refractivity contribution in [1.29, 1.82) is 0 Å². The Morgan fingerprint density at radius 2 is 2.00 bits per heavy atom. The molecule has 138 valence electrons. The molecular weight excluding hydrogens is 344 g/mol. The average Bonchev–Trinajstić information content (AvgIpc) is 2.62. The summed E-state index contributed by atoms with van der Waals surface area (Å²) in [4.78, 5) is 15.0. The van der Waals surface area contributed by atoms with Crippen molar-refractivity contribution < 1.29 is 4.79 Å². The van der Waals surface area contributed by atoms with E-state index < -0.39 is 0 Å². The molecule has 0 spiro atoms. The summed E-state index contributed by atoms with van der Waals surface area (Å²) in [5, 5.41) is 3.85. The van der Waals surface area contributed by atoms with E-state index in [1.165, 1.54) is 11.1 Å². The van der Waals surface area contributed by atoms with Gasteiger partial charge in [-0.3, -0.25) is 9.69 Å². The van der Waals surface area contributed by atoms with E-state index in [0.717, 1.165) is 43.2 Å². The Bertz CT molecular complexity index is 742. The zero-order valence-corrected chi connectivity index (χ0v) is 16.3. The number of halogens is 1. The topological polar surface area (TPSA) is 32.3 Å². The Balaban J connectivity index is 1.57. The second-order valence-electron chi connectivity index (χ2n) is 7.47. The molecule has 26 heavy (non-hydrogen) atoms. The average molecular weight is 371 g/mol. The molecule has 1 N–H and O–H groups in total. The third kappa shape index (κ3) is 5.09. The van der Waals surface area contributed by atoms with Crippen molar-refractivity contribution in [2.75, 3.05) is 18.4 Å². The quantitative estimate of drug-likeness (QED) is 0.773. The minimum atomic E-state index is 0.0349. The molecule has 1 atom stereocenters. The first-order valence-corrected chi connectivity index (χ1v) is 9.76. The maximum absolute atomic E-state index is 12.7. The molecule has 0 radical (unpaired) electrons. The van der Waals surface area contributed by atoms with Crippen molar-refractivity contribution in [3.8, 4) is 0 Å². The lowest BCUT2D eigenvalue weighted by Crippen LogP contribution is -2.40.